The molecule has 0 bridgehead atoms. The molecule has 4 aromatic rings. The maximum absolute atomic E-state index is 5.78. The first kappa shape index (κ1) is 12.1. The monoisotopic (exact) mass is 299 g/mol. The number of nitrogens with one attached hydrogen (secondary N) is 2. The Morgan fingerprint density at radius 1 is 1.00 bits per heavy atom. The quantitative estimate of drug-likeness (QED) is 0.491. The van der Waals surface area contributed by atoms with Crippen molar-refractivity contribution >= 4 is 39.6 Å². The van der Waals surface area contributed by atoms with E-state index in [4.69, 9.17) is 17.3 Å². The van der Waals surface area contributed by atoms with Crippen molar-refractivity contribution in [1.82, 2.24) is 29.9 Å². The maximum atomic E-state index is 5.78. The number of H-pyrrole nitrogens is 2. The fourth-order valence-corrected chi connectivity index (χ4v) is 2.45. The van der Waals surface area contributed by atoms with E-state index in [2.05, 4.69) is 29.9 Å². The zero-order valence-corrected chi connectivity index (χ0v) is 11.5. The van der Waals surface area contributed by atoms with Gasteiger partial charge >= 0.3 is 0 Å². The van der Waals surface area contributed by atoms with E-state index in [-0.39, 0.29) is 11.1 Å². The van der Waals surface area contributed by atoms with Crippen molar-refractivity contribution in [2.75, 3.05) is 5.73 Å². The molecule has 4 rings (SSSR count). The lowest BCUT2D eigenvalue weighted by molar-refractivity contribution is 0.958. The van der Waals surface area contributed by atoms with Gasteiger partial charge in [0, 0.05) is 0 Å². The first-order valence-corrected chi connectivity index (χ1v) is 6.68. The Hall–Kier alpha value is -2.67. The number of fused-ring (bicyclic) bond motifs is 2. The SMILES string of the molecule is Nc1nc(Cl)nc2[nH]c(Cc3nc4ccccc4[nH]3)nc12. The van der Waals surface area contributed by atoms with Crippen LogP contribution < -0.4 is 5.73 Å². The zero-order valence-electron chi connectivity index (χ0n) is 10.8. The topological polar surface area (TPSA) is 109 Å². The average Bonchev–Trinajstić information content (AvgIpc) is 3.01. The summed E-state index contributed by atoms with van der Waals surface area (Å²) in [7, 11) is 0. The second-order valence-electron chi connectivity index (χ2n) is 4.64. The van der Waals surface area contributed by atoms with Crippen LogP contribution in [0.5, 0.6) is 0 Å². The van der Waals surface area contributed by atoms with Gasteiger partial charge in [-0.3, -0.25) is 0 Å². The normalized spacial score (nSPS) is 11.5. The number of nitrogens with two attached hydrogens (primary N) is 1. The van der Waals surface area contributed by atoms with Crippen LogP contribution in [0.15, 0.2) is 24.3 Å². The Kier molecular flexibility index (Phi) is 2.55. The van der Waals surface area contributed by atoms with Crippen LogP contribution in [0.3, 0.4) is 0 Å². The standard InChI is InChI=1S/C13H10ClN7/c14-13-20-11(15)10-12(21-13)19-9(18-10)5-8-16-6-3-1-2-4-7(6)17-8/h1-4H,5H2,(H,16,17)(H3,15,18,19,20,21). The Bertz CT molecular complexity index is 923. The summed E-state index contributed by atoms with van der Waals surface area (Å²) in [6.45, 7) is 0. The van der Waals surface area contributed by atoms with E-state index < -0.39 is 0 Å². The number of para-hydroxylation sites is 2. The molecule has 3 heterocycles. The molecule has 0 atom stereocenters. The third kappa shape index (κ3) is 2.07. The molecule has 104 valence electrons. The van der Waals surface area contributed by atoms with Gasteiger partial charge in [-0.15, -0.1) is 0 Å². The van der Waals surface area contributed by atoms with Gasteiger partial charge in [-0.05, 0) is 23.7 Å². The Labute approximate surface area is 123 Å². The van der Waals surface area contributed by atoms with Gasteiger partial charge in [0.2, 0.25) is 5.28 Å². The van der Waals surface area contributed by atoms with E-state index in [1.807, 2.05) is 24.3 Å². The van der Waals surface area contributed by atoms with E-state index in [1.54, 1.807) is 0 Å². The lowest BCUT2D eigenvalue weighted by Gasteiger charge is -1.92. The van der Waals surface area contributed by atoms with Gasteiger partial charge in [0.15, 0.2) is 11.5 Å². The highest BCUT2D eigenvalue weighted by Gasteiger charge is 2.11. The third-order valence-electron chi connectivity index (χ3n) is 3.17. The second-order valence-corrected chi connectivity index (χ2v) is 4.97. The molecule has 0 saturated carbocycles. The minimum Gasteiger partial charge on any atom is -0.382 e. The van der Waals surface area contributed by atoms with Crippen LogP contribution in [-0.4, -0.2) is 29.9 Å². The van der Waals surface area contributed by atoms with Crippen molar-refractivity contribution in [3.63, 3.8) is 0 Å². The van der Waals surface area contributed by atoms with Gasteiger partial charge in [-0.2, -0.15) is 9.97 Å². The Morgan fingerprint density at radius 3 is 2.67 bits per heavy atom. The first-order valence-electron chi connectivity index (χ1n) is 6.30. The van der Waals surface area contributed by atoms with Crippen molar-refractivity contribution in [2.24, 2.45) is 0 Å². The zero-order chi connectivity index (χ0) is 14.4. The van der Waals surface area contributed by atoms with Gasteiger partial charge in [-0.1, -0.05) is 12.1 Å². The van der Waals surface area contributed by atoms with Crippen LogP contribution in [0, 0.1) is 0 Å². The van der Waals surface area contributed by atoms with Crippen molar-refractivity contribution in [3.8, 4) is 0 Å². The van der Waals surface area contributed by atoms with Crippen LogP contribution in [-0.2, 0) is 6.42 Å². The number of imidazole rings is 2. The highest BCUT2D eigenvalue weighted by atomic mass is 35.5. The molecule has 0 radical (unpaired) electrons. The van der Waals surface area contributed by atoms with Crippen molar-refractivity contribution < 1.29 is 0 Å². The van der Waals surface area contributed by atoms with E-state index >= 15 is 0 Å². The number of hydrogen-bond acceptors (Lipinski definition) is 5. The molecule has 4 N–H and O–H groups in total. The van der Waals surface area contributed by atoms with Gasteiger partial charge in [-0.25, -0.2) is 9.97 Å². The minimum atomic E-state index is 0.0962. The number of rotatable bonds is 2. The van der Waals surface area contributed by atoms with Crippen LogP contribution in [0.2, 0.25) is 5.28 Å². The molecular formula is C13H10ClN7. The lowest BCUT2D eigenvalue weighted by Crippen LogP contribution is -1.94. The van der Waals surface area contributed by atoms with E-state index in [0.717, 1.165) is 16.9 Å². The van der Waals surface area contributed by atoms with E-state index in [9.17, 15) is 0 Å². The highest BCUT2D eigenvalue weighted by Crippen LogP contribution is 2.19. The fourth-order valence-electron chi connectivity index (χ4n) is 2.27. The number of hydrogen-bond donors (Lipinski definition) is 3. The smallest absolute Gasteiger partial charge is 0.226 e. The highest BCUT2D eigenvalue weighted by molar-refractivity contribution is 6.28. The molecule has 0 aliphatic carbocycles. The number of anilines is 1. The number of nitrogen functional groups attached to an aromatic ring is 1. The summed E-state index contributed by atoms with van der Waals surface area (Å²) >= 11 is 5.78. The van der Waals surface area contributed by atoms with E-state index in [0.29, 0.717) is 23.4 Å². The van der Waals surface area contributed by atoms with Crippen LogP contribution in [0.1, 0.15) is 11.6 Å². The summed E-state index contributed by atoms with van der Waals surface area (Å²) in [5.41, 5.74) is 8.74. The maximum Gasteiger partial charge on any atom is 0.226 e. The summed E-state index contributed by atoms with van der Waals surface area (Å²) in [6, 6.07) is 7.85. The summed E-state index contributed by atoms with van der Waals surface area (Å²) in [5, 5.41) is 0.0962. The van der Waals surface area contributed by atoms with E-state index in [1.165, 1.54) is 0 Å². The largest absolute Gasteiger partial charge is 0.382 e. The minimum absolute atomic E-state index is 0.0962. The molecule has 3 aromatic heterocycles. The van der Waals surface area contributed by atoms with Gasteiger partial charge in [0.05, 0.1) is 17.5 Å². The molecule has 0 amide bonds. The molecule has 0 saturated heterocycles. The Morgan fingerprint density at radius 2 is 1.81 bits per heavy atom. The molecule has 0 aliphatic rings. The molecule has 0 unspecified atom stereocenters. The third-order valence-corrected chi connectivity index (χ3v) is 3.34. The molecule has 0 fully saturated rings. The summed E-state index contributed by atoms with van der Waals surface area (Å²) < 4.78 is 0. The molecule has 7 nitrogen and oxygen atoms in total. The predicted molar refractivity (Wildman–Crippen MR) is 80.0 cm³/mol. The number of aromatic nitrogens is 6. The average molecular weight is 300 g/mol. The number of halogens is 1. The van der Waals surface area contributed by atoms with Crippen molar-refractivity contribution in [3.05, 3.63) is 41.2 Å². The molecular weight excluding hydrogens is 290 g/mol. The fraction of sp³-hybridized carbons (Fsp3) is 0.0769. The predicted octanol–water partition coefficient (Wildman–Crippen LogP) is 2.06. The van der Waals surface area contributed by atoms with Gasteiger partial charge in [0.25, 0.3) is 0 Å². The molecule has 0 aliphatic heterocycles. The molecule has 21 heavy (non-hydrogen) atoms. The van der Waals surface area contributed by atoms with Crippen molar-refractivity contribution in [2.45, 2.75) is 6.42 Å². The molecule has 0 spiro atoms. The van der Waals surface area contributed by atoms with Crippen LogP contribution >= 0.6 is 11.6 Å². The molecule has 8 heteroatoms. The number of nitrogens with zero attached hydrogens (tertiary/aromatic N) is 4. The summed E-state index contributed by atoms with van der Waals surface area (Å²) in [6.07, 6.45) is 0.516. The summed E-state index contributed by atoms with van der Waals surface area (Å²) in [5.74, 6) is 1.78. The first-order chi connectivity index (χ1) is 10.2. The van der Waals surface area contributed by atoms with Crippen LogP contribution in [0.25, 0.3) is 22.2 Å². The lowest BCUT2D eigenvalue weighted by atomic mass is 10.3. The Balaban J connectivity index is 1.75. The van der Waals surface area contributed by atoms with Gasteiger partial charge < -0.3 is 15.7 Å². The number of aromatic amines is 2. The van der Waals surface area contributed by atoms with Gasteiger partial charge in [0.1, 0.15) is 17.2 Å². The van der Waals surface area contributed by atoms with Crippen LogP contribution in [0.4, 0.5) is 5.82 Å². The summed E-state index contributed by atoms with van der Waals surface area (Å²) in [4.78, 5) is 23.2. The van der Waals surface area contributed by atoms with Crippen molar-refractivity contribution in [1.29, 1.82) is 0 Å². The molecule has 1 aromatic carbocycles. The number of benzene rings is 1. The second kappa shape index (κ2) is 4.42.